The number of aryl methyl sites for hydroxylation is 1. The predicted molar refractivity (Wildman–Crippen MR) is 114 cm³/mol. The third-order valence-electron chi connectivity index (χ3n) is 5.01. The molecule has 0 saturated heterocycles. The molecule has 2 rings (SSSR count). The summed E-state index contributed by atoms with van der Waals surface area (Å²) < 4.78 is 0. The monoisotopic (exact) mass is 400 g/mol. The van der Waals surface area contributed by atoms with Gasteiger partial charge in [-0.2, -0.15) is 0 Å². The van der Waals surface area contributed by atoms with Crippen LogP contribution in [0.4, 0.5) is 0 Å². The fourth-order valence-corrected chi connectivity index (χ4v) is 3.17. The first-order chi connectivity index (χ1) is 13.3. The summed E-state index contributed by atoms with van der Waals surface area (Å²) in [6.45, 7) is 8.07. The van der Waals surface area contributed by atoms with E-state index in [-0.39, 0.29) is 24.3 Å². The first kappa shape index (κ1) is 22.0. The smallest absolute Gasteiger partial charge is 0.242 e. The highest BCUT2D eigenvalue weighted by Gasteiger charge is 2.27. The van der Waals surface area contributed by atoms with Gasteiger partial charge in [0.15, 0.2) is 0 Å². The molecule has 2 amide bonds. The van der Waals surface area contributed by atoms with Gasteiger partial charge in [-0.15, -0.1) is 0 Å². The Hall–Kier alpha value is -2.33. The molecule has 0 fully saturated rings. The summed E-state index contributed by atoms with van der Waals surface area (Å²) in [5.41, 5.74) is 2.93. The standard InChI is InChI=1S/C23H29ClN2O2/c1-5-17(3)25-23(28)18(4)26(15-19-10-8-12-21(24)13-19)22(27)14-20-11-7-6-9-16(20)2/h6-13,17-18H,5,14-15H2,1-4H3,(H,25,28)/t17-,18+/m0/s1. The van der Waals surface area contributed by atoms with E-state index >= 15 is 0 Å². The second kappa shape index (κ2) is 10.3. The summed E-state index contributed by atoms with van der Waals surface area (Å²) in [7, 11) is 0. The highest BCUT2D eigenvalue weighted by molar-refractivity contribution is 6.30. The predicted octanol–water partition coefficient (Wildman–Crippen LogP) is 4.52. The summed E-state index contributed by atoms with van der Waals surface area (Å²) in [4.78, 5) is 27.5. The fourth-order valence-electron chi connectivity index (χ4n) is 2.95. The Morgan fingerprint density at radius 1 is 1.11 bits per heavy atom. The van der Waals surface area contributed by atoms with Crippen LogP contribution in [0.2, 0.25) is 5.02 Å². The molecule has 0 saturated carbocycles. The number of nitrogens with one attached hydrogen (secondary N) is 1. The van der Waals surface area contributed by atoms with Gasteiger partial charge in [-0.3, -0.25) is 9.59 Å². The van der Waals surface area contributed by atoms with Gasteiger partial charge in [0.05, 0.1) is 6.42 Å². The molecule has 150 valence electrons. The van der Waals surface area contributed by atoms with Crippen LogP contribution in [0.15, 0.2) is 48.5 Å². The average molecular weight is 401 g/mol. The van der Waals surface area contributed by atoms with Crippen molar-refractivity contribution in [2.45, 2.75) is 59.2 Å². The molecule has 0 heterocycles. The minimum Gasteiger partial charge on any atom is -0.352 e. The molecule has 0 bridgehead atoms. The van der Waals surface area contributed by atoms with Crippen molar-refractivity contribution in [3.05, 3.63) is 70.2 Å². The first-order valence-electron chi connectivity index (χ1n) is 9.70. The molecule has 0 spiro atoms. The number of benzene rings is 2. The Morgan fingerprint density at radius 3 is 2.46 bits per heavy atom. The Labute approximate surface area is 172 Å². The molecule has 2 atom stereocenters. The zero-order valence-electron chi connectivity index (χ0n) is 17.0. The summed E-state index contributed by atoms with van der Waals surface area (Å²) in [6, 6.07) is 14.7. The highest BCUT2D eigenvalue weighted by Crippen LogP contribution is 2.17. The van der Waals surface area contributed by atoms with Crippen molar-refractivity contribution >= 4 is 23.4 Å². The van der Waals surface area contributed by atoms with E-state index in [4.69, 9.17) is 11.6 Å². The van der Waals surface area contributed by atoms with Gasteiger partial charge in [-0.05, 0) is 56.0 Å². The number of carbonyl (C=O) groups excluding carboxylic acids is 2. The molecular weight excluding hydrogens is 372 g/mol. The van der Waals surface area contributed by atoms with E-state index in [0.29, 0.717) is 11.6 Å². The number of amides is 2. The van der Waals surface area contributed by atoms with Crippen LogP contribution in [0.25, 0.3) is 0 Å². The van der Waals surface area contributed by atoms with Gasteiger partial charge < -0.3 is 10.2 Å². The quantitative estimate of drug-likeness (QED) is 0.708. The van der Waals surface area contributed by atoms with E-state index in [1.54, 1.807) is 17.9 Å². The lowest BCUT2D eigenvalue weighted by molar-refractivity contribution is -0.140. The van der Waals surface area contributed by atoms with Crippen molar-refractivity contribution in [3.63, 3.8) is 0 Å². The van der Waals surface area contributed by atoms with Crippen molar-refractivity contribution in [1.29, 1.82) is 0 Å². The maximum absolute atomic E-state index is 13.2. The molecule has 1 N–H and O–H groups in total. The maximum Gasteiger partial charge on any atom is 0.242 e. The molecule has 4 nitrogen and oxygen atoms in total. The van der Waals surface area contributed by atoms with Gasteiger partial charge >= 0.3 is 0 Å². The molecule has 2 aromatic carbocycles. The molecule has 2 aromatic rings. The lowest BCUT2D eigenvalue weighted by Crippen LogP contribution is -2.49. The summed E-state index contributed by atoms with van der Waals surface area (Å²) in [5.74, 6) is -0.226. The molecular formula is C23H29ClN2O2. The van der Waals surface area contributed by atoms with Crippen molar-refractivity contribution in [2.75, 3.05) is 0 Å². The second-order valence-corrected chi connectivity index (χ2v) is 7.69. The molecule has 0 unspecified atom stereocenters. The third-order valence-corrected chi connectivity index (χ3v) is 5.25. The van der Waals surface area contributed by atoms with Crippen LogP contribution in [0.1, 0.15) is 43.9 Å². The van der Waals surface area contributed by atoms with Crippen LogP contribution in [-0.4, -0.2) is 28.8 Å². The van der Waals surface area contributed by atoms with Crippen LogP contribution in [-0.2, 0) is 22.6 Å². The van der Waals surface area contributed by atoms with Gasteiger partial charge in [0.25, 0.3) is 0 Å². The van der Waals surface area contributed by atoms with Crippen molar-refractivity contribution < 1.29 is 9.59 Å². The maximum atomic E-state index is 13.2. The Morgan fingerprint density at radius 2 is 1.82 bits per heavy atom. The topological polar surface area (TPSA) is 49.4 Å². The van der Waals surface area contributed by atoms with Crippen molar-refractivity contribution in [1.82, 2.24) is 10.2 Å². The van der Waals surface area contributed by atoms with Gasteiger partial charge in [-0.1, -0.05) is 54.9 Å². The summed E-state index contributed by atoms with van der Waals surface area (Å²) in [6.07, 6.45) is 1.10. The summed E-state index contributed by atoms with van der Waals surface area (Å²) in [5, 5.41) is 3.59. The SMILES string of the molecule is CC[C@H](C)NC(=O)[C@@H](C)N(Cc1cccc(Cl)c1)C(=O)Cc1ccccc1C. The average Bonchev–Trinajstić information content (AvgIpc) is 2.67. The molecule has 0 aliphatic carbocycles. The number of rotatable bonds is 8. The van der Waals surface area contributed by atoms with Gasteiger partial charge in [-0.25, -0.2) is 0 Å². The Bertz CT molecular complexity index is 822. The van der Waals surface area contributed by atoms with Crippen molar-refractivity contribution in [3.8, 4) is 0 Å². The second-order valence-electron chi connectivity index (χ2n) is 7.25. The number of halogens is 1. The summed E-state index contributed by atoms with van der Waals surface area (Å²) >= 11 is 6.11. The van der Waals surface area contributed by atoms with Crippen LogP contribution in [0, 0.1) is 6.92 Å². The van der Waals surface area contributed by atoms with E-state index in [9.17, 15) is 9.59 Å². The largest absolute Gasteiger partial charge is 0.352 e. The lowest BCUT2D eigenvalue weighted by Gasteiger charge is -2.30. The van der Waals surface area contributed by atoms with Gasteiger partial charge in [0.1, 0.15) is 6.04 Å². The fraction of sp³-hybridized carbons (Fsp3) is 0.391. The highest BCUT2D eigenvalue weighted by atomic mass is 35.5. The van der Waals surface area contributed by atoms with Crippen LogP contribution in [0.5, 0.6) is 0 Å². The van der Waals surface area contributed by atoms with E-state index in [1.807, 2.05) is 63.2 Å². The minimum atomic E-state index is -0.579. The van der Waals surface area contributed by atoms with Crippen LogP contribution in [0.3, 0.4) is 0 Å². The number of hydrogen-bond donors (Lipinski definition) is 1. The molecule has 0 aliphatic heterocycles. The van der Waals surface area contributed by atoms with Gasteiger partial charge in [0.2, 0.25) is 11.8 Å². The van der Waals surface area contributed by atoms with E-state index in [0.717, 1.165) is 23.1 Å². The lowest BCUT2D eigenvalue weighted by atomic mass is 10.0. The molecule has 5 heteroatoms. The van der Waals surface area contributed by atoms with E-state index < -0.39 is 6.04 Å². The Kier molecular flexibility index (Phi) is 8.06. The first-order valence-corrected chi connectivity index (χ1v) is 10.1. The van der Waals surface area contributed by atoms with Gasteiger partial charge in [0, 0.05) is 17.6 Å². The molecule has 0 radical (unpaired) electrons. The normalized spacial score (nSPS) is 12.9. The van der Waals surface area contributed by atoms with E-state index in [1.165, 1.54) is 0 Å². The number of carbonyl (C=O) groups is 2. The molecule has 28 heavy (non-hydrogen) atoms. The number of hydrogen-bond acceptors (Lipinski definition) is 2. The Balaban J connectivity index is 2.25. The van der Waals surface area contributed by atoms with Crippen LogP contribution < -0.4 is 5.32 Å². The minimum absolute atomic E-state index is 0.0643. The van der Waals surface area contributed by atoms with Crippen LogP contribution >= 0.6 is 11.6 Å². The zero-order chi connectivity index (χ0) is 20.7. The zero-order valence-corrected chi connectivity index (χ0v) is 17.8. The van der Waals surface area contributed by atoms with Crippen molar-refractivity contribution in [2.24, 2.45) is 0 Å². The van der Waals surface area contributed by atoms with E-state index in [2.05, 4.69) is 5.32 Å². The number of nitrogens with zero attached hydrogens (tertiary/aromatic N) is 1. The third kappa shape index (κ3) is 6.10. The molecule has 0 aromatic heterocycles. The molecule has 0 aliphatic rings.